The van der Waals surface area contributed by atoms with E-state index in [2.05, 4.69) is 4.67 Å². The van der Waals surface area contributed by atoms with Gasteiger partial charge in [-0.05, 0) is 24.3 Å². The van der Waals surface area contributed by atoms with E-state index >= 15 is 0 Å². The molecule has 15 heavy (non-hydrogen) atoms. The summed E-state index contributed by atoms with van der Waals surface area (Å²) in [6.45, 7) is 0. The van der Waals surface area contributed by atoms with E-state index in [4.69, 9.17) is 0 Å². The van der Waals surface area contributed by atoms with E-state index in [1.54, 1.807) is 0 Å². The third kappa shape index (κ3) is 2.94. The fourth-order valence-corrected chi connectivity index (χ4v) is 1.29. The maximum atomic E-state index is 4.26. The van der Waals surface area contributed by atoms with Gasteiger partial charge in [0.2, 0.25) is 0 Å². The van der Waals surface area contributed by atoms with Crippen LogP contribution in [-0.2, 0) is 0 Å². The number of nitrogens with zero attached hydrogens (tertiary/aromatic N) is 1. The minimum absolute atomic E-state index is 1.12. The van der Waals surface area contributed by atoms with Crippen molar-refractivity contribution in [3.8, 4) is 0 Å². The second-order valence-corrected chi connectivity index (χ2v) is 3.23. The summed E-state index contributed by atoms with van der Waals surface area (Å²) in [6.07, 6.45) is 3.71. The summed E-state index contributed by atoms with van der Waals surface area (Å²) in [5.41, 5.74) is 2.23. The van der Waals surface area contributed by atoms with Gasteiger partial charge in [-0.2, -0.15) is 0 Å². The molecule has 0 fully saturated rings. The Bertz CT molecular complexity index is 422. The second-order valence-electron chi connectivity index (χ2n) is 3.23. The summed E-state index contributed by atoms with van der Waals surface area (Å²) in [7, 11) is 0. The van der Waals surface area contributed by atoms with Crippen molar-refractivity contribution in [1.82, 2.24) is 4.67 Å². The van der Waals surface area contributed by atoms with Crippen LogP contribution in [0.15, 0.2) is 60.7 Å². The molecule has 1 nitrogen and oxygen atoms in total. The van der Waals surface area contributed by atoms with Crippen molar-refractivity contribution in [3.05, 3.63) is 71.8 Å². The van der Waals surface area contributed by atoms with Gasteiger partial charge < -0.3 is 0 Å². The van der Waals surface area contributed by atoms with Gasteiger partial charge in [0.1, 0.15) is 0 Å². The third-order valence-electron chi connectivity index (χ3n) is 2.05. The molecule has 0 heterocycles. The van der Waals surface area contributed by atoms with Crippen LogP contribution >= 0.6 is 0 Å². The van der Waals surface area contributed by atoms with Crippen LogP contribution in [0.4, 0.5) is 0 Å². The normalized spacial score (nSPS) is 9.07. The van der Waals surface area contributed by atoms with Crippen LogP contribution in [0, 0.1) is 0 Å². The first-order valence-electron chi connectivity index (χ1n) is 4.92. The van der Waals surface area contributed by atoms with E-state index in [9.17, 15) is 0 Å². The van der Waals surface area contributed by atoms with Crippen molar-refractivity contribution >= 4 is 12.4 Å². The summed E-state index contributed by atoms with van der Waals surface area (Å²) in [6, 6.07) is 20.1. The zero-order valence-electron chi connectivity index (χ0n) is 8.38. The molecule has 0 spiro atoms. The zero-order valence-corrected chi connectivity index (χ0v) is 8.38. The van der Waals surface area contributed by atoms with E-state index in [-0.39, 0.29) is 0 Å². The Labute approximate surface area is 89.5 Å². The zero-order chi connectivity index (χ0) is 10.3. The summed E-state index contributed by atoms with van der Waals surface area (Å²) >= 11 is 0. The standard InChI is InChI=1S/C14H12N/c1-3-7-13(8-4-1)11-15-12-14-9-5-2-6-10-14/h1-12H/q+1. The Morgan fingerprint density at radius 2 is 1.00 bits per heavy atom. The highest BCUT2D eigenvalue weighted by Crippen LogP contribution is 1.93. The average molecular weight is 194 g/mol. The molecule has 2 aromatic carbocycles. The highest BCUT2D eigenvalue weighted by molar-refractivity contribution is 5.86. The van der Waals surface area contributed by atoms with E-state index in [0.29, 0.717) is 0 Å². The van der Waals surface area contributed by atoms with Crippen molar-refractivity contribution in [2.24, 2.45) is 0 Å². The molecule has 0 radical (unpaired) electrons. The van der Waals surface area contributed by atoms with Gasteiger partial charge in [0.05, 0.1) is 11.1 Å². The van der Waals surface area contributed by atoms with E-state index in [0.717, 1.165) is 11.1 Å². The number of benzene rings is 2. The smallest absolute Gasteiger partial charge is 0.0996 e. The number of hydrogen-bond acceptors (Lipinski definition) is 0. The molecule has 0 bridgehead atoms. The molecule has 0 saturated heterocycles. The molecular weight excluding hydrogens is 182 g/mol. The maximum Gasteiger partial charge on any atom is 0.299 e. The average Bonchev–Trinajstić information content (AvgIpc) is 2.32. The molecule has 1 heteroatoms. The van der Waals surface area contributed by atoms with Crippen LogP contribution < -0.4 is 4.67 Å². The van der Waals surface area contributed by atoms with Crippen molar-refractivity contribution < 1.29 is 0 Å². The molecular formula is C14H12N+. The minimum Gasteiger partial charge on any atom is -0.0996 e. The minimum atomic E-state index is 1.12. The fourth-order valence-electron chi connectivity index (χ4n) is 1.29. The summed E-state index contributed by atoms with van der Waals surface area (Å²) in [5, 5.41) is 0. The van der Waals surface area contributed by atoms with Gasteiger partial charge in [0.25, 0.3) is 12.4 Å². The van der Waals surface area contributed by atoms with Crippen molar-refractivity contribution in [2.75, 3.05) is 0 Å². The molecule has 2 aromatic rings. The predicted octanol–water partition coefficient (Wildman–Crippen LogP) is 2.29. The maximum absolute atomic E-state index is 4.26. The van der Waals surface area contributed by atoms with Gasteiger partial charge >= 0.3 is 0 Å². The van der Waals surface area contributed by atoms with Crippen molar-refractivity contribution in [3.63, 3.8) is 0 Å². The van der Waals surface area contributed by atoms with Crippen LogP contribution in [0.25, 0.3) is 0 Å². The summed E-state index contributed by atoms with van der Waals surface area (Å²) < 4.78 is 4.26. The Hall–Kier alpha value is -2.11. The molecule has 0 aromatic heterocycles. The van der Waals surface area contributed by atoms with Gasteiger partial charge in [-0.15, -0.1) is 0 Å². The first kappa shape index (κ1) is 9.45. The lowest BCUT2D eigenvalue weighted by Gasteiger charge is -1.81. The molecule has 0 saturated carbocycles. The third-order valence-corrected chi connectivity index (χ3v) is 2.05. The topological polar surface area (TPSA) is 14.1 Å². The SMILES string of the molecule is C(=[N+]=Cc1ccccc1)c1ccccc1. The highest BCUT2D eigenvalue weighted by Gasteiger charge is 1.91. The van der Waals surface area contributed by atoms with Gasteiger partial charge in [-0.25, -0.2) is 0 Å². The Kier molecular flexibility index (Phi) is 3.11. The molecule has 2 rings (SSSR count). The largest absolute Gasteiger partial charge is 0.299 e. The van der Waals surface area contributed by atoms with Gasteiger partial charge in [0, 0.05) is 0 Å². The number of hydrogen-bond donors (Lipinski definition) is 0. The van der Waals surface area contributed by atoms with E-state index in [1.165, 1.54) is 0 Å². The number of rotatable bonds is 2. The predicted molar refractivity (Wildman–Crippen MR) is 65.4 cm³/mol. The van der Waals surface area contributed by atoms with E-state index < -0.39 is 0 Å². The molecule has 72 valence electrons. The summed E-state index contributed by atoms with van der Waals surface area (Å²) in [5.74, 6) is 0. The van der Waals surface area contributed by atoms with Gasteiger partial charge in [-0.1, -0.05) is 41.1 Å². The van der Waals surface area contributed by atoms with E-state index in [1.807, 2.05) is 73.1 Å². The Morgan fingerprint density at radius 1 is 0.600 bits per heavy atom. The highest BCUT2D eigenvalue weighted by atomic mass is 14.5. The molecule has 0 amide bonds. The van der Waals surface area contributed by atoms with Crippen LogP contribution in [0.2, 0.25) is 0 Å². The summed E-state index contributed by atoms with van der Waals surface area (Å²) in [4.78, 5) is 0. The fraction of sp³-hybridized carbons (Fsp3) is 0. The molecule has 0 N–H and O–H groups in total. The van der Waals surface area contributed by atoms with Crippen LogP contribution in [0.3, 0.4) is 0 Å². The van der Waals surface area contributed by atoms with Crippen molar-refractivity contribution in [1.29, 1.82) is 0 Å². The van der Waals surface area contributed by atoms with Crippen LogP contribution in [0.5, 0.6) is 0 Å². The van der Waals surface area contributed by atoms with Gasteiger partial charge in [0.15, 0.2) is 0 Å². The molecule has 0 aliphatic carbocycles. The van der Waals surface area contributed by atoms with Crippen molar-refractivity contribution in [2.45, 2.75) is 0 Å². The lowest BCUT2D eigenvalue weighted by Crippen LogP contribution is -1.87. The lowest BCUT2D eigenvalue weighted by atomic mass is 10.2. The van der Waals surface area contributed by atoms with Crippen LogP contribution in [0.1, 0.15) is 11.1 Å². The molecule has 0 aliphatic heterocycles. The first-order chi connectivity index (χ1) is 7.45. The first-order valence-corrected chi connectivity index (χ1v) is 4.92. The second kappa shape index (κ2) is 4.94. The quantitative estimate of drug-likeness (QED) is 0.514. The Morgan fingerprint density at radius 3 is 1.40 bits per heavy atom. The molecule has 0 atom stereocenters. The Balaban J connectivity index is 2.16. The van der Waals surface area contributed by atoms with Crippen LogP contribution in [-0.4, -0.2) is 12.4 Å². The lowest BCUT2D eigenvalue weighted by molar-refractivity contribution is 1.60. The molecule has 0 aliphatic rings. The molecule has 0 unspecified atom stereocenters. The van der Waals surface area contributed by atoms with Gasteiger partial charge in [-0.3, -0.25) is 0 Å². The monoisotopic (exact) mass is 194 g/mol.